The Bertz CT molecular complexity index is 905. The molecule has 0 spiro atoms. The van der Waals surface area contributed by atoms with Gasteiger partial charge in [-0.1, -0.05) is 11.6 Å². The number of rotatable bonds is 6. The first-order valence-corrected chi connectivity index (χ1v) is 7.65. The minimum Gasteiger partial charge on any atom is -0.451 e. The van der Waals surface area contributed by atoms with Crippen LogP contribution in [0.3, 0.4) is 0 Å². The molecule has 0 aliphatic carbocycles. The minimum absolute atomic E-state index is 0.0942. The summed E-state index contributed by atoms with van der Waals surface area (Å²) in [6, 6.07) is 5.04. The number of hydrogen-bond acceptors (Lipinski definition) is 6. The molecule has 2 aromatic rings. The Morgan fingerprint density at radius 1 is 1.31 bits per heavy atom. The summed E-state index contributed by atoms with van der Waals surface area (Å²) in [5, 5.41) is 13.4. The molecular weight excluding hydrogens is 366 g/mol. The molecule has 0 saturated heterocycles. The molecule has 0 unspecified atom stereocenters. The van der Waals surface area contributed by atoms with Crippen LogP contribution < -0.4 is 5.32 Å². The van der Waals surface area contributed by atoms with Gasteiger partial charge in [-0.15, -0.1) is 0 Å². The Balaban J connectivity index is 2.03. The highest BCUT2D eigenvalue weighted by atomic mass is 35.5. The van der Waals surface area contributed by atoms with E-state index in [1.54, 1.807) is 7.05 Å². The van der Waals surface area contributed by atoms with Gasteiger partial charge in [0.1, 0.15) is 11.4 Å². The number of aryl methyl sites for hydroxylation is 1. The van der Waals surface area contributed by atoms with Crippen molar-refractivity contribution in [2.45, 2.75) is 6.92 Å². The van der Waals surface area contributed by atoms with Gasteiger partial charge in [0.05, 0.1) is 4.92 Å². The number of esters is 1. The van der Waals surface area contributed by atoms with Crippen LogP contribution in [0.5, 0.6) is 0 Å². The second-order valence-corrected chi connectivity index (χ2v) is 5.76. The number of anilines is 1. The monoisotopic (exact) mass is 379 g/mol. The number of hydrogen-bond donors (Lipinski definition) is 1. The Morgan fingerprint density at radius 3 is 2.58 bits per heavy atom. The van der Waals surface area contributed by atoms with Gasteiger partial charge in [0.2, 0.25) is 0 Å². The Hall–Kier alpha value is -3.20. The number of benzene rings is 1. The fraction of sp³-hybridized carbons (Fsp3) is 0.188. The van der Waals surface area contributed by atoms with Crippen LogP contribution in [0.25, 0.3) is 0 Å². The lowest BCUT2D eigenvalue weighted by Gasteiger charge is -2.08. The van der Waals surface area contributed by atoms with E-state index in [1.165, 1.54) is 35.9 Å². The molecule has 10 heteroatoms. The zero-order valence-electron chi connectivity index (χ0n) is 13.8. The average molecular weight is 380 g/mol. The summed E-state index contributed by atoms with van der Waals surface area (Å²) in [5.74, 6) is -1.80. The van der Waals surface area contributed by atoms with Crippen LogP contribution in [-0.4, -0.2) is 33.8 Å². The van der Waals surface area contributed by atoms with Crippen molar-refractivity contribution in [1.82, 2.24) is 4.57 Å². The Kier molecular flexibility index (Phi) is 5.73. The molecule has 2 rings (SSSR count). The fourth-order valence-corrected chi connectivity index (χ4v) is 2.29. The highest BCUT2D eigenvalue weighted by molar-refractivity contribution is 6.31. The van der Waals surface area contributed by atoms with E-state index in [2.05, 4.69) is 5.32 Å². The maximum atomic E-state index is 12.0. The van der Waals surface area contributed by atoms with E-state index in [-0.39, 0.29) is 27.9 Å². The van der Waals surface area contributed by atoms with Crippen molar-refractivity contribution in [2.24, 2.45) is 7.05 Å². The van der Waals surface area contributed by atoms with Crippen LogP contribution in [0.1, 0.15) is 27.8 Å². The van der Waals surface area contributed by atoms with Gasteiger partial charge < -0.3 is 14.6 Å². The second kappa shape index (κ2) is 7.79. The fourth-order valence-electron chi connectivity index (χ4n) is 2.12. The van der Waals surface area contributed by atoms with Gasteiger partial charge in [0.15, 0.2) is 12.4 Å². The second-order valence-electron chi connectivity index (χ2n) is 5.32. The third-order valence-corrected chi connectivity index (χ3v) is 3.62. The molecule has 1 N–H and O–H groups in total. The number of aromatic nitrogens is 1. The summed E-state index contributed by atoms with van der Waals surface area (Å²) in [7, 11) is 1.55. The van der Waals surface area contributed by atoms with Crippen LogP contribution in [0.15, 0.2) is 30.5 Å². The number of amides is 1. The first kappa shape index (κ1) is 19.1. The van der Waals surface area contributed by atoms with E-state index < -0.39 is 23.4 Å². The first-order valence-electron chi connectivity index (χ1n) is 7.27. The molecule has 1 aromatic carbocycles. The maximum absolute atomic E-state index is 12.0. The van der Waals surface area contributed by atoms with Crippen molar-refractivity contribution in [3.8, 4) is 0 Å². The Labute approximate surface area is 152 Å². The van der Waals surface area contributed by atoms with Crippen molar-refractivity contribution in [3.63, 3.8) is 0 Å². The molecule has 1 aromatic heterocycles. The lowest BCUT2D eigenvalue weighted by atomic mass is 10.2. The zero-order valence-corrected chi connectivity index (χ0v) is 14.6. The van der Waals surface area contributed by atoms with Crippen molar-refractivity contribution in [3.05, 3.63) is 56.9 Å². The van der Waals surface area contributed by atoms with E-state index in [0.29, 0.717) is 5.56 Å². The molecule has 0 bridgehead atoms. The van der Waals surface area contributed by atoms with E-state index in [9.17, 15) is 24.5 Å². The first-order chi connectivity index (χ1) is 12.2. The number of Topliss-reactive ketones (excluding diaryl/α,β-unsaturated/α-hetero) is 1. The van der Waals surface area contributed by atoms with Crippen LogP contribution in [0.2, 0.25) is 5.02 Å². The number of halogens is 1. The summed E-state index contributed by atoms with van der Waals surface area (Å²) in [5.41, 5.74) is -0.0286. The number of ether oxygens (including phenoxy) is 1. The molecular formula is C16H14ClN3O6. The number of nitrogens with zero attached hydrogens (tertiary/aromatic N) is 2. The standard InChI is InChI=1S/C16H14ClN3O6/c1-9(21)10-5-14(19(2)7-10)16(23)26-8-15(22)18-12-6-11(17)3-4-13(12)20(24)25/h3-7H,8H2,1-2H3,(H,18,22). The SMILES string of the molecule is CC(=O)c1cc(C(=O)OCC(=O)Nc2cc(Cl)ccc2[N+](=O)[O-])n(C)c1. The molecule has 0 atom stereocenters. The summed E-state index contributed by atoms with van der Waals surface area (Å²) >= 11 is 5.77. The lowest BCUT2D eigenvalue weighted by molar-refractivity contribution is -0.383. The van der Waals surface area contributed by atoms with Crippen molar-refractivity contribution in [2.75, 3.05) is 11.9 Å². The predicted molar refractivity (Wildman–Crippen MR) is 92.4 cm³/mol. The number of ketones is 1. The van der Waals surface area contributed by atoms with Gasteiger partial charge in [0.25, 0.3) is 11.6 Å². The van der Waals surface area contributed by atoms with E-state index in [1.807, 2.05) is 0 Å². The highest BCUT2D eigenvalue weighted by Crippen LogP contribution is 2.27. The molecule has 26 heavy (non-hydrogen) atoms. The number of carbonyl (C=O) groups is 3. The minimum atomic E-state index is -0.809. The highest BCUT2D eigenvalue weighted by Gasteiger charge is 2.19. The van der Waals surface area contributed by atoms with Gasteiger partial charge in [-0.05, 0) is 25.1 Å². The average Bonchev–Trinajstić information content (AvgIpc) is 2.94. The zero-order chi connectivity index (χ0) is 19.4. The van der Waals surface area contributed by atoms with Crippen LogP contribution >= 0.6 is 11.6 Å². The van der Waals surface area contributed by atoms with Gasteiger partial charge >= 0.3 is 5.97 Å². The molecule has 0 saturated carbocycles. The number of nitro groups is 1. The summed E-state index contributed by atoms with van der Waals surface area (Å²) in [4.78, 5) is 45.5. The lowest BCUT2D eigenvalue weighted by Crippen LogP contribution is -2.22. The van der Waals surface area contributed by atoms with Crippen LogP contribution in [-0.2, 0) is 16.6 Å². The topological polar surface area (TPSA) is 121 Å². The molecule has 1 heterocycles. The number of nitro benzene ring substituents is 1. The van der Waals surface area contributed by atoms with E-state index in [4.69, 9.17) is 16.3 Å². The van der Waals surface area contributed by atoms with Crippen LogP contribution in [0, 0.1) is 10.1 Å². The smallest absolute Gasteiger partial charge is 0.355 e. The molecule has 0 aliphatic rings. The quantitative estimate of drug-likeness (QED) is 0.356. The van der Waals surface area contributed by atoms with Gasteiger partial charge in [-0.25, -0.2) is 4.79 Å². The summed E-state index contributed by atoms with van der Waals surface area (Å²) in [6.07, 6.45) is 1.47. The third kappa shape index (κ3) is 4.45. The third-order valence-electron chi connectivity index (χ3n) is 3.38. The van der Waals surface area contributed by atoms with Crippen molar-refractivity contribution in [1.29, 1.82) is 0 Å². The molecule has 0 radical (unpaired) electrons. The van der Waals surface area contributed by atoms with Crippen molar-refractivity contribution < 1.29 is 24.0 Å². The largest absolute Gasteiger partial charge is 0.451 e. The van der Waals surface area contributed by atoms with Gasteiger partial charge in [-0.2, -0.15) is 0 Å². The van der Waals surface area contributed by atoms with Crippen LogP contribution in [0.4, 0.5) is 11.4 Å². The molecule has 1 amide bonds. The maximum Gasteiger partial charge on any atom is 0.355 e. The van der Waals surface area contributed by atoms with Gasteiger partial charge in [-0.3, -0.25) is 19.7 Å². The summed E-state index contributed by atoms with van der Waals surface area (Å²) in [6.45, 7) is 0.693. The normalized spacial score (nSPS) is 10.3. The van der Waals surface area contributed by atoms with E-state index >= 15 is 0 Å². The number of carbonyl (C=O) groups excluding carboxylic acids is 3. The molecule has 0 aliphatic heterocycles. The molecule has 136 valence electrons. The summed E-state index contributed by atoms with van der Waals surface area (Å²) < 4.78 is 6.28. The molecule has 9 nitrogen and oxygen atoms in total. The van der Waals surface area contributed by atoms with Gasteiger partial charge in [0, 0.05) is 29.9 Å². The molecule has 0 fully saturated rings. The predicted octanol–water partition coefficient (Wildman–Crippen LogP) is 2.58. The number of nitrogens with one attached hydrogen (secondary N) is 1. The van der Waals surface area contributed by atoms with Crippen molar-refractivity contribution >= 4 is 40.6 Å². The Morgan fingerprint density at radius 2 is 2.00 bits per heavy atom. The van der Waals surface area contributed by atoms with E-state index in [0.717, 1.165) is 6.07 Å².